The molecular formula is C12H24N2O2. The van der Waals surface area contributed by atoms with E-state index in [0.29, 0.717) is 6.04 Å². The number of nitrogens with zero attached hydrogens (tertiary/aromatic N) is 1. The van der Waals surface area contributed by atoms with Crippen LogP contribution >= 0.6 is 0 Å². The molecule has 1 unspecified atom stereocenters. The maximum atomic E-state index is 10.9. The largest absolute Gasteiger partial charge is 0.389 e. The lowest BCUT2D eigenvalue weighted by Gasteiger charge is -2.36. The molecule has 0 aromatic carbocycles. The Morgan fingerprint density at radius 3 is 2.50 bits per heavy atom. The van der Waals surface area contributed by atoms with Crippen LogP contribution in [0.15, 0.2) is 0 Å². The summed E-state index contributed by atoms with van der Waals surface area (Å²) in [7, 11) is 0. The van der Waals surface area contributed by atoms with Gasteiger partial charge in [0.05, 0.1) is 5.60 Å². The minimum Gasteiger partial charge on any atom is -0.389 e. The van der Waals surface area contributed by atoms with Crippen molar-refractivity contribution in [2.24, 2.45) is 0 Å². The van der Waals surface area contributed by atoms with E-state index in [4.69, 9.17) is 0 Å². The van der Waals surface area contributed by atoms with E-state index in [1.807, 2.05) is 13.8 Å². The van der Waals surface area contributed by atoms with Crippen LogP contribution in [0.3, 0.4) is 0 Å². The number of piperidine rings is 1. The molecule has 0 bridgehead atoms. The molecule has 1 aliphatic heterocycles. The van der Waals surface area contributed by atoms with Crippen molar-refractivity contribution < 1.29 is 9.90 Å². The number of nitrogens with one attached hydrogen (secondary N) is 1. The summed E-state index contributed by atoms with van der Waals surface area (Å²) in [6.07, 6.45) is 2.75. The molecule has 1 saturated heterocycles. The predicted octanol–water partition coefficient (Wildman–Crippen LogP) is 0.748. The van der Waals surface area contributed by atoms with Crippen LogP contribution in [0.4, 0.5) is 0 Å². The van der Waals surface area contributed by atoms with Crippen molar-refractivity contribution in [2.45, 2.75) is 51.7 Å². The van der Waals surface area contributed by atoms with E-state index < -0.39 is 5.60 Å². The lowest BCUT2D eigenvalue weighted by molar-refractivity contribution is -0.120. The van der Waals surface area contributed by atoms with Gasteiger partial charge in [-0.05, 0) is 26.2 Å². The van der Waals surface area contributed by atoms with Crippen LogP contribution in [0.5, 0.6) is 0 Å². The summed E-state index contributed by atoms with van der Waals surface area (Å²) in [6.45, 7) is 8.10. The molecule has 94 valence electrons. The van der Waals surface area contributed by atoms with Gasteiger partial charge in [0, 0.05) is 32.6 Å². The molecule has 0 saturated carbocycles. The third-order valence-corrected chi connectivity index (χ3v) is 3.32. The van der Waals surface area contributed by atoms with Crippen molar-refractivity contribution in [1.29, 1.82) is 0 Å². The number of likely N-dealkylation sites (tertiary alicyclic amines) is 1. The molecule has 16 heavy (non-hydrogen) atoms. The molecule has 1 amide bonds. The second-order valence-corrected chi connectivity index (χ2v) is 5.10. The molecule has 0 aromatic heterocycles. The van der Waals surface area contributed by atoms with Crippen LogP contribution in [-0.4, -0.2) is 47.2 Å². The number of hydrogen-bond acceptors (Lipinski definition) is 3. The van der Waals surface area contributed by atoms with E-state index in [0.717, 1.165) is 38.9 Å². The van der Waals surface area contributed by atoms with E-state index in [2.05, 4.69) is 10.2 Å². The van der Waals surface area contributed by atoms with Crippen molar-refractivity contribution in [3.05, 3.63) is 0 Å². The molecule has 0 aliphatic carbocycles. The van der Waals surface area contributed by atoms with Gasteiger partial charge in [-0.1, -0.05) is 6.92 Å². The number of carbonyl (C=O) groups is 1. The van der Waals surface area contributed by atoms with Gasteiger partial charge in [-0.25, -0.2) is 0 Å². The van der Waals surface area contributed by atoms with E-state index in [1.165, 1.54) is 0 Å². The second-order valence-electron chi connectivity index (χ2n) is 5.10. The third-order valence-electron chi connectivity index (χ3n) is 3.32. The van der Waals surface area contributed by atoms with E-state index in [-0.39, 0.29) is 5.91 Å². The number of amides is 1. The predicted molar refractivity (Wildman–Crippen MR) is 64.2 cm³/mol. The van der Waals surface area contributed by atoms with Gasteiger partial charge < -0.3 is 15.3 Å². The Morgan fingerprint density at radius 2 is 2.06 bits per heavy atom. The topological polar surface area (TPSA) is 52.6 Å². The summed E-state index contributed by atoms with van der Waals surface area (Å²) in [5.74, 6) is 0.0546. The first-order valence-corrected chi connectivity index (χ1v) is 6.15. The summed E-state index contributed by atoms with van der Waals surface area (Å²) >= 11 is 0. The minimum absolute atomic E-state index is 0.0546. The first kappa shape index (κ1) is 13.5. The van der Waals surface area contributed by atoms with Crippen LogP contribution in [0.2, 0.25) is 0 Å². The lowest BCUT2D eigenvalue weighted by Crippen LogP contribution is -2.48. The van der Waals surface area contributed by atoms with Crippen molar-refractivity contribution in [3.63, 3.8) is 0 Å². The molecule has 1 heterocycles. The lowest BCUT2D eigenvalue weighted by atomic mass is 9.99. The quantitative estimate of drug-likeness (QED) is 0.746. The van der Waals surface area contributed by atoms with Crippen molar-refractivity contribution in [2.75, 3.05) is 19.6 Å². The Hall–Kier alpha value is -0.610. The van der Waals surface area contributed by atoms with Gasteiger partial charge in [0.25, 0.3) is 0 Å². The highest BCUT2D eigenvalue weighted by Crippen LogP contribution is 2.16. The van der Waals surface area contributed by atoms with Crippen LogP contribution in [0, 0.1) is 0 Å². The highest BCUT2D eigenvalue weighted by molar-refractivity contribution is 5.73. The van der Waals surface area contributed by atoms with Crippen LogP contribution in [0.25, 0.3) is 0 Å². The molecule has 2 N–H and O–H groups in total. The number of carbonyl (C=O) groups excluding carboxylic acids is 1. The molecular weight excluding hydrogens is 204 g/mol. The maximum Gasteiger partial charge on any atom is 0.217 e. The molecule has 1 fully saturated rings. The van der Waals surface area contributed by atoms with Gasteiger partial charge >= 0.3 is 0 Å². The Bertz CT molecular complexity index is 233. The SMILES string of the molecule is CCC(C)(O)CN1CCC(NC(C)=O)CC1. The number of aliphatic hydroxyl groups is 1. The molecule has 0 spiro atoms. The third kappa shape index (κ3) is 4.49. The molecule has 1 rings (SSSR count). The maximum absolute atomic E-state index is 10.9. The minimum atomic E-state index is -0.582. The molecule has 4 heteroatoms. The zero-order valence-corrected chi connectivity index (χ0v) is 10.6. The van der Waals surface area contributed by atoms with E-state index in [9.17, 15) is 9.90 Å². The Kier molecular flexibility index (Phi) is 4.74. The zero-order chi connectivity index (χ0) is 12.2. The van der Waals surface area contributed by atoms with Gasteiger partial charge in [0.15, 0.2) is 0 Å². The molecule has 4 nitrogen and oxygen atoms in total. The number of rotatable bonds is 4. The summed E-state index contributed by atoms with van der Waals surface area (Å²) in [5.41, 5.74) is -0.582. The summed E-state index contributed by atoms with van der Waals surface area (Å²) in [5, 5.41) is 12.9. The van der Waals surface area contributed by atoms with Crippen molar-refractivity contribution >= 4 is 5.91 Å². The van der Waals surface area contributed by atoms with Gasteiger partial charge in [-0.3, -0.25) is 4.79 Å². The first-order chi connectivity index (χ1) is 7.43. The van der Waals surface area contributed by atoms with Crippen molar-refractivity contribution in [1.82, 2.24) is 10.2 Å². The van der Waals surface area contributed by atoms with Crippen LogP contribution < -0.4 is 5.32 Å². The van der Waals surface area contributed by atoms with Gasteiger partial charge in [-0.2, -0.15) is 0 Å². The first-order valence-electron chi connectivity index (χ1n) is 6.15. The molecule has 0 radical (unpaired) electrons. The highest BCUT2D eigenvalue weighted by atomic mass is 16.3. The second kappa shape index (κ2) is 5.64. The fraction of sp³-hybridized carbons (Fsp3) is 0.917. The Labute approximate surface area is 98.0 Å². The van der Waals surface area contributed by atoms with E-state index in [1.54, 1.807) is 6.92 Å². The molecule has 1 aliphatic rings. The fourth-order valence-corrected chi connectivity index (χ4v) is 2.12. The molecule has 0 aromatic rings. The number of hydrogen-bond donors (Lipinski definition) is 2. The van der Waals surface area contributed by atoms with Gasteiger partial charge in [0.1, 0.15) is 0 Å². The van der Waals surface area contributed by atoms with E-state index >= 15 is 0 Å². The van der Waals surface area contributed by atoms with Crippen molar-refractivity contribution in [3.8, 4) is 0 Å². The van der Waals surface area contributed by atoms with Crippen LogP contribution in [0.1, 0.15) is 40.0 Å². The summed E-state index contributed by atoms with van der Waals surface area (Å²) in [4.78, 5) is 13.2. The smallest absolute Gasteiger partial charge is 0.217 e. The average Bonchev–Trinajstić information content (AvgIpc) is 2.20. The average molecular weight is 228 g/mol. The fourth-order valence-electron chi connectivity index (χ4n) is 2.12. The monoisotopic (exact) mass is 228 g/mol. The number of β-amino-alcohol motifs (C(OH)–C–C–N with tert-alkyl or cyclic N) is 1. The highest BCUT2D eigenvalue weighted by Gasteiger charge is 2.25. The van der Waals surface area contributed by atoms with Gasteiger partial charge in [-0.15, -0.1) is 0 Å². The normalized spacial score (nSPS) is 22.8. The summed E-state index contributed by atoms with van der Waals surface area (Å²) in [6, 6.07) is 0.320. The Balaban J connectivity index is 2.29. The van der Waals surface area contributed by atoms with Gasteiger partial charge in [0.2, 0.25) is 5.91 Å². The zero-order valence-electron chi connectivity index (χ0n) is 10.6. The Morgan fingerprint density at radius 1 is 1.50 bits per heavy atom. The van der Waals surface area contributed by atoms with Crippen LogP contribution in [-0.2, 0) is 4.79 Å². The summed E-state index contributed by atoms with van der Waals surface area (Å²) < 4.78 is 0. The standard InChI is InChI=1S/C12H24N2O2/c1-4-12(3,16)9-14-7-5-11(6-8-14)13-10(2)15/h11,16H,4-9H2,1-3H3,(H,13,15). The molecule has 1 atom stereocenters.